The highest BCUT2D eigenvalue weighted by Gasteiger charge is 2.31. The number of hydrogen-bond acceptors (Lipinski definition) is 7. The maximum absolute atomic E-state index is 13.8. The van der Waals surface area contributed by atoms with Crippen LogP contribution >= 0.6 is 0 Å². The van der Waals surface area contributed by atoms with Gasteiger partial charge in [0.15, 0.2) is 11.5 Å². The molecule has 0 bridgehead atoms. The Bertz CT molecular complexity index is 1370. The van der Waals surface area contributed by atoms with Crippen molar-refractivity contribution in [3.8, 4) is 17.2 Å². The molecule has 1 heterocycles. The molecule has 3 aromatic carbocycles. The minimum atomic E-state index is -4.05. The molecule has 1 aliphatic rings. The van der Waals surface area contributed by atoms with Gasteiger partial charge in [-0.05, 0) is 43.3 Å². The number of carbonyl (C=O) groups excluding carboxylic acids is 1. The van der Waals surface area contributed by atoms with Crippen molar-refractivity contribution in [3.63, 3.8) is 0 Å². The first-order chi connectivity index (χ1) is 18.3. The third-order valence-corrected chi connectivity index (χ3v) is 8.39. The summed E-state index contributed by atoms with van der Waals surface area (Å²) < 4.78 is 44.9. The van der Waals surface area contributed by atoms with Gasteiger partial charge in [-0.3, -0.25) is 9.10 Å². The summed E-state index contributed by atoms with van der Waals surface area (Å²) in [5, 5.41) is 0. The molecule has 0 atom stereocenters. The second kappa shape index (κ2) is 11.6. The monoisotopic (exact) mass is 539 g/mol. The Hall–Kier alpha value is -3.92. The predicted octanol–water partition coefficient (Wildman–Crippen LogP) is 3.56. The van der Waals surface area contributed by atoms with Crippen molar-refractivity contribution >= 4 is 27.3 Å². The zero-order valence-corrected chi connectivity index (χ0v) is 22.9. The van der Waals surface area contributed by atoms with Crippen LogP contribution in [-0.4, -0.2) is 73.3 Å². The van der Waals surface area contributed by atoms with E-state index in [2.05, 4.69) is 4.90 Å². The molecule has 0 aromatic heterocycles. The number of para-hydroxylation sites is 2. The van der Waals surface area contributed by atoms with Crippen molar-refractivity contribution in [2.75, 3.05) is 63.3 Å². The predicted molar refractivity (Wildman–Crippen MR) is 147 cm³/mol. The molecule has 10 heteroatoms. The number of sulfonamides is 1. The molecule has 1 saturated heterocycles. The molecule has 0 unspecified atom stereocenters. The summed E-state index contributed by atoms with van der Waals surface area (Å²) in [4.78, 5) is 17.4. The van der Waals surface area contributed by atoms with E-state index in [-0.39, 0.29) is 17.3 Å². The van der Waals surface area contributed by atoms with E-state index in [1.165, 1.54) is 14.2 Å². The van der Waals surface area contributed by atoms with Gasteiger partial charge in [0.05, 0.1) is 37.6 Å². The zero-order valence-electron chi connectivity index (χ0n) is 22.1. The van der Waals surface area contributed by atoms with Crippen LogP contribution in [0.25, 0.3) is 0 Å². The van der Waals surface area contributed by atoms with Crippen LogP contribution < -0.4 is 23.4 Å². The lowest BCUT2D eigenvalue weighted by Crippen LogP contribution is -2.52. The lowest BCUT2D eigenvalue weighted by atomic mass is 10.2. The van der Waals surface area contributed by atoms with Gasteiger partial charge >= 0.3 is 0 Å². The molecule has 0 aliphatic carbocycles. The Labute approximate surface area is 224 Å². The number of anilines is 2. The number of benzene rings is 3. The van der Waals surface area contributed by atoms with Gasteiger partial charge in [0.25, 0.3) is 10.0 Å². The zero-order chi connectivity index (χ0) is 27.3. The second-order valence-electron chi connectivity index (χ2n) is 8.90. The summed E-state index contributed by atoms with van der Waals surface area (Å²) >= 11 is 0. The topological polar surface area (TPSA) is 88.6 Å². The van der Waals surface area contributed by atoms with Crippen molar-refractivity contribution in [1.29, 1.82) is 0 Å². The molecular weight excluding hydrogens is 506 g/mol. The van der Waals surface area contributed by atoms with Gasteiger partial charge in [-0.1, -0.05) is 29.8 Å². The van der Waals surface area contributed by atoms with Gasteiger partial charge in [-0.15, -0.1) is 0 Å². The van der Waals surface area contributed by atoms with Gasteiger partial charge in [-0.25, -0.2) is 8.42 Å². The van der Waals surface area contributed by atoms with Gasteiger partial charge in [0, 0.05) is 32.2 Å². The van der Waals surface area contributed by atoms with E-state index >= 15 is 0 Å². The van der Waals surface area contributed by atoms with Gasteiger partial charge in [-0.2, -0.15) is 0 Å². The Balaban J connectivity index is 1.59. The van der Waals surface area contributed by atoms with Crippen LogP contribution in [0.4, 0.5) is 11.4 Å². The smallest absolute Gasteiger partial charge is 0.264 e. The average Bonchev–Trinajstić information content (AvgIpc) is 2.95. The van der Waals surface area contributed by atoms with Crippen LogP contribution in [0.1, 0.15) is 5.56 Å². The average molecular weight is 540 g/mol. The molecule has 1 fully saturated rings. The standard InChI is InChI=1S/C28H33N3O6S/c1-21-9-12-23(13-10-21)38(33,34)31(22-11-14-26(36-3)27(19-22)37-4)20-28(32)30-17-15-29(16-18-30)24-7-5-6-8-25(24)35-2/h5-14,19H,15-18,20H2,1-4H3. The number of hydrogen-bond donors (Lipinski definition) is 0. The number of nitrogens with zero attached hydrogens (tertiary/aromatic N) is 3. The minimum Gasteiger partial charge on any atom is -0.495 e. The fourth-order valence-electron chi connectivity index (χ4n) is 4.44. The van der Waals surface area contributed by atoms with Crippen molar-refractivity contribution in [2.45, 2.75) is 11.8 Å². The Morgan fingerprint density at radius 1 is 0.816 bits per heavy atom. The molecule has 3 aromatic rings. The van der Waals surface area contributed by atoms with Crippen molar-refractivity contribution in [3.05, 3.63) is 72.3 Å². The van der Waals surface area contributed by atoms with Crippen LogP contribution in [0.5, 0.6) is 17.2 Å². The van der Waals surface area contributed by atoms with Gasteiger partial charge in [0.1, 0.15) is 12.3 Å². The van der Waals surface area contributed by atoms with E-state index in [1.54, 1.807) is 54.5 Å². The second-order valence-corrected chi connectivity index (χ2v) is 10.8. The first-order valence-corrected chi connectivity index (χ1v) is 13.7. The number of rotatable bonds is 9. The van der Waals surface area contributed by atoms with Gasteiger partial charge < -0.3 is 24.0 Å². The third-order valence-electron chi connectivity index (χ3n) is 6.60. The molecule has 38 heavy (non-hydrogen) atoms. The number of carbonyl (C=O) groups is 1. The van der Waals surface area contributed by atoms with Crippen molar-refractivity contribution in [2.24, 2.45) is 0 Å². The van der Waals surface area contributed by atoms with E-state index in [9.17, 15) is 13.2 Å². The Morgan fingerprint density at radius 2 is 1.45 bits per heavy atom. The Kier molecular flexibility index (Phi) is 8.31. The third kappa shape index (κ3) is 5.65. The van der Waals surface area contributed by atoms with E-state index in [1.807, 2.05) is 31.2 Å². The number of ether oxygens (including phenoxy) is 3. The molecule has 0 N–H and O–H groups in total. The first-order valence-electron chi connectivity index (χ1n) is 12.3. The molecule has 1 amide bonds. The molecule has 0 radical (unpaired) electrons. The van der Waals surface area contributed by atoms with Crippen molar-refractivity contribution < 1.29 is 27.4 Å². The van der Waals surface area contributed by atoms with E-state index in [4.69, 9.17) is 14.2 Å². The number of amides is 1. The normalized spacial score (nSPS) is 13.7. The molecule has 0 saturated carbocycles. The SMILES string of the molecule is COc1ccc(N(CC(=O)N2CCN(c3ccccc3OC)CC2)S(=O)(=O)c2ccc(C)cc2)cc1OC. The molecule has 0 spiro atoms. The highest BCUT2D eigenvalue weighted by atomic mass is 32.2. The van der Waals surface area contributed by atoms with Crippen molar-refractivity contribution in [1.82, 2.24) is 4.90 Å². The van der Waals surface area contributed by atoms with Crippen LogP contribution in [0.3, 0.4) is 0 Å². The van der Waals surface area contributed by atoms with E-state index in [0.717, 1.165) is 21.3 Å². The van der Waals surface area contributed by atoms with Crippen LogP contribution in [-0.2, 0) is 14.8 Å². The number of piperazine rings is 1. The number of methoxy groups -OCH3 is 3. The summed E-state index contributed by atoms with van der Waals surface area (Å²) in [6, 6.07) is 19.1. The fraction of sp³-hybridized carbons (Fsp3) is 0.321. The quantitative estimate of drug-likeness (QED) is 0.411. The lowest BCUT2D eigenvalue weighted by Gasteiger charge is -2.37. The maximum Gasteiger partial charge on any atom is 0.264 e. The summed E-state index contributed by atoms with van der Waals surface area (Å²) in [7, 11) is 0.571. The summed E-state index contributed by atoms with van der Waals surface area (Å²) in [5.41, 5.74) is 2.21. The largest absolute Gasteiger partial charge is 0.495 e. The molecule has 4 rings (SSSR count). The molecule has 202 valence electrons. The first kappa shape index (κ1) is 27.1. The van der Waals surface area contributed by atoms with Gasteiger partial charge in [0.2, 0.25) is 5.91 Å². The van der Waals surface area contributed by atoms with E-state index < -0.39 is 10.0 Å². The highest BCUT2D eigenvalue weighted by molar-refractivity contribution is 7.92. The molecule has 1 aliphatic heterocycles. The van der Waals surface area contributed by atoms with E-state index in [0.29, 0.717) is 43.4 Å². The van der Waals surface area contributed by atoms with Crippen LogP contribution in [0, 0.1) is 6.92 Å². The molecular formula is C28H33N3O6S. The highest BCUT2D eigenvalue weighted by Crippen LogP contribution is 2.34. The summed E-state index contributed by atoms with van der Waals surface area (Å²) in [5.74, 6) is 1.32. The Morgan fingerprint density at radius 3 is 2.08 bits per heavy atom. The molecule has 9 nitrogen and oxygen atoms in total. The maximum atomic E-state index is 13.8. The summed E-state index contributed by atoms with van der Waals surface area (Å²) in [6.07, 6.45) is 0. The van der Waals surface area contributed by atoms with Crippen LogP contribution in [0.2, 0.25) is 0 Å². The fourth-order valence-corrected chi connectivity index (χ4v) is 5.85. The minimum absolute atomic E-state index is 0.103. The lowest BCUT2D eigenvalue weighted by molar-refractivity contribution is -0.129. The van der Waals surface area contributed by atoms with Crippen LogP contribution in [0.15, 0.2) is 71.6 Å². The number of aryl methyl sites for hydroxylation is 1. The summed E-state index contributed by atoms with van der Waals surface area (Å²) in [6.45, 7) is 3.67.